The van der Waals surface area contributed by atoms with Gasteiger partial charge in [0.2, 0.25) is 10.0 Å². The maximum absolute atomic E-state index is 11.8. The molecule has 2 rings (SSSR count). The van der Waals surface area contributed by atoms with E-state index in [9.17, 15) is 13.2 Å². The second kappa shape index (κ2) is 5.43. The third kappa shape index (κ3) is 3.22. The first-order valence-corrected chi connectivity index (χ1v) is 7.29. The Labute approximate surface area is 116 Å². The monoisotopic (exact) mass is 294 g/mol. The lowest BCUT2D eigenvalue weighted by Gasteiger charge is -2.06. The summed E-state index contributed by atoms with van der Waals surface area (Å²) >= 11 is 0. The lowest BCUT2D eigenvalue weighted by molar-refractivity contribution is 0.0942. The number of hydrogen-bond acceptors (Lipinski definition) is 4. The van der Waals surface area contributed by atoms with E-state index < -0.39 is 10.0 Å². The van der Waals surface area contributed by atoms with Crippen LogP contribution in [0.15, 0.2) is 41.7 Å². The van der Waals surface area contributed by atoms with Gasteiger partial charge in [-0.25, -0.2) is 18.5 Å². The van der Waals surface area contributed by atoms with Gasteiger partial charge in [0.25, 0.3) is 5.91 Å². The Balaban J connectivity index is 2.02. The van der Waals surface area contributed by atoms with Gasteiger partial charge in [-0.2, -0.15) is 0 Å². The lowest BCUT2D eigenvalue weighted by atomic mass is 10.2. The first-order chi connectivity index (χ1) is 9.38. The third-order valence-electron chi connectivity index (χ3n) is 2.75. The summed E-state index contributed by atoms with van der Waals surface area (Å²) in [6, 6.07) is 6.01. The van der Waals surface area contributed by atoms with Crippen molar-refractivity contribution in [2.45, 2.75) is 11.4 Å². The zero-order chi connectivity index (χ0) is 14.8. The lowest BCUT2D eigenvalue weighted by Crippen LogP contribution is -2.24. The molecular weight excluding hydrogens is 280 g/mol. The van der Waals surface area contributed by atoms with Crippen LogP contribution in [-0.2, 0) is 23.6 Å². The summed E-state index contributed by atoms with van der Waals surface area (Å²) in [4.78, 5) is 15.7. The highest BCUT2D eigenvalue weighted by atomic mass is 32.2. The number of benzene rings is 1. The van der Waals surface area contributed by atoms with Crippen molar-refractivity contribution < 1.29 is 13.2 Å². The highest BCUT2D eigenvalue weighted by molar-refractivity contribution is 7.89. The van der Waals surface area contributed by atoms with Crippen LogP contribution in [0, 0.1) is 0 Å². The van der Waals surface area contributed by atoms with Crippen molar-refractivity contribution in [1.29, 1.82) is 0 Å². The number of aryl methyl sites for hydroxylation is 1. The zero-order valence-corrected chi connectivity index (χ0v) is 11.6. The molecule has 0 saturated heterocycles. The molecule has 0 aliphatic rings. The summed E-state index contributed by atoms with van der Waals surface area (Å²) in [7, 11) is -1.97. The predicted octanol–water partition coefficient (Wildman–Crippen LogP) is -0.00250. The summed E-state index contributed by atoms with van der Waals surface area (Å²) in [6.45, 7) is 0.287. The molecule has 1 heterocycles. The van der Waals surface area contributed by atoms with E-state index in [1.165, 1.54) is 24.7 Å². The van der Waals surface area contributed by atoms with E-state index in [0.29, 0.717) is 5.69 Å². The molecule has 0 bridgehead atoms. The molecule has 20 heavy (non-hydrogen) atoms. The maximum Gasteiger partial charge on any atom is 0.269 e. The minimum Gasteiger partial charge on any atom is -0.347 e. The second-order valence-corrected chi connectivity index (χ2v) is 5.82. The molecule has 0 unspecified atom stereocenters. The zero-order valence-electron chi connectivity index (χ0n) is 10.8. The maximum atomic E-state index is 11.8. The molecule has 0 spiro atoms. The van der Waals surface area contributed by atoms with E-state index in [4.69, 9.17) is 5.14 Å². The molecule has 1 amide bonds. The molecule has 7 nitrogen and oxygen atoms in total. The fraction of sp³-hybridized carbons (Fsp3) is 0.167. The van der Waals surface area contributed by atoms with E-state index in [1.54, 1.807) is 23.7 Å². The first kappa shape index (κ1) is 14.2. The van der Waals surface area contributed by atoms with Crippen LogP contribution in [0.25, 0.3) is 0 Å². The predicted molar refractivity (Wildman–Crippen MR) is 72.2 cm³/mol. The number of imidazole rings is 1. The molecule has 1 aromatic carbocycles. The van der Waals surface area contributed by atoms with Crippen LogP contribution in [0.4, 0.5) is 0 Å². The Bertz CT molecular complexity index is 719. The number of amides is 1. The number of aromatic nitrogens is 2. The van der Waals surface area contributed by atoms with E-state index >= 15 is 0 Å². The average Bonchev–Trinajstić information content (AvgIpc) is 2.82. The third-order valence-corrected chi connectivity index (χ3v) is 3.68. The van der Waals surface area contributed by atoms with E-state index in [1.807, 2.05) is 0 Å². The number of primary sulfonamides is 1. The average molecular weight is 294 g/mol. The molecule has 0 atom stereocenters. The van der Waals surface area contributed by atoms with Gasteiger partial charge in [0, 0.05) is 13.6 Å². The molecule has 3 N–H and O–H groups in total. The van der Waals surface area contributed by atoms with Gasteiger partial charge in [-0.05, 0) is 17.7 Å². The standard InChI is InChI=1S/C12H14N4O3S/c1-16-8-14-7-11(16)12(17)15-6-9-2-4-10(5-3-9)20(13,18)19/h2-5,7-8H,6H2,1H3,(H,15,17)(H2,13,18,19). The molecule has 0 saturated carbocycles. The molecule has 2 aromatic rings. The van der Waals surface area contributed by atoms with Crippen LogP contribution < -0.4 is 10.5 Å². The molecule has 0 aliphatic carbocycles. The van der Waals surface area contributed by atoms with Gasteiger partial charge in [-0.1, -0.05) is 12.1 Å². The highest BCUT2D eigenvalue weighted by Crippen LogP contribution is 2.08. The molecule has 0 aliphatic heterocycles. The van der Waals surface area contributed by atoms with Crippen LogP contribution >= 0.6 is 0 Å². The van der Waals surface area contributed by atoms with E-state index in [2.05, 4.69) is 10.3 Å². The van der Waals surface area contributed by atoms with Gasteiger partial charge in [-0.15, -0.1) is 0 Å². The molecule has 8 heteroatoms. The number of nitrogens with zero attached hydrogens (tertiary/aromatic N) is 2. The molecule has 0 radical (unpaired) electrons. The minimum absolute atomic E-state index is 0.0409. The summed E-state index contributed by atoms with van der Waals surface area (Å²) < 4.78 is 23.8. The number of nitrogens with two attached hydrogens (primary N) is 1. The van der Waals surface area contributed by atoms with Crippen molar-refractivity contribution in [2.24, 2.45) is 12.2 Å². The van der Waals surface area contributed by atoms with Crippen LogP contribution in [0.1, 0.15) is 16.1 Å². The van der Waals surface area contributed by atoms with Crippen molar-refractivity contribution in [3.05, 3.63) is 48.0 Å². The Morgan fingerprint density at radius 3 is 2.50 bits per heavy atom. The number of hydrogen-bond donors (Lipinski definition) is 2. The largest absolute Gasteiger partial charge is 0.347 e. The number of carbonyl (C=O) groups is 1. The Morgan fingerprint density at radius 1 is 1.35 bits per heavy atom. The quantitative estimate of drug-likeness (QED) is 0.827. The number of rotatable bonds is 4. The van der Waals surface area contributed by atoms with Gasteiger partial charge in [0.1, 0.15) is 5.69 Å². The van der Waals surface area contributed by atoms with Gasteiger partial charge in [-0.3, -0.25) is 4.79 Å². The molecule has 106 valence electrons. The van der Waals surface area contributed by atoms with Crippen molar-refractivity contribution in [3.8, 4) is 0 Å². The van der Waals surface area contributed by atoms with E-state index in [-0.39, 0.29) is 17.3 Å². The van der Waals surface area contributed by atoms with Crippen molar-refractivity contribution in [2.75, 3.05) is 0 Å². The number of nitrogens with one attached hydrogen (secondary N) is 1. The molecule has 1 aromatic heterocycles. The van der Waals surface area contributed by atoms with Crippen LogP contribution in [0.3, 0.4) is 0 Å². The van der Waals surface area contributed by atoms with Crippen molar-refractivity contribution in [3.63, 3.8) is 0 Å². The summed E-state index contributed by atoms with van der Waals surface area (Å²) in [5.74, 6) is -0.250. The summed E-state index contributed by atoms with van der Waals surface area (Å²) in [6.07, 6.45) is 3.01. The van der Waals surface area contributed by atoms with Crippen molar-refractivity contribution in [1.82, 2.24) is 14.9 Å². The minimum atomic E-state index is -3.69. The fourth-order valence-corrected chi connectivity index (χ4v) is 2.16. The number of sulfonamides is 1. The highest BCUT2D eigenvalue weighted by Gasteiger charge is 2.10. The van der Waals surface area contributed by atoms with Gasteiger partial charge in [0.05, 0.1) is 17.4 Å². The summed E-state index contributed by atoms with van der Waals surface area (Å²) in [5.41, 5.74) is 1.22. The summed E-state index contributed by atoms with van der Waals surface area (Å²) in [5, 5.41) is 7.72. The van der Waals surface area contributed by atoms with Gasteiger partial charge >= 0.3 is 0 Å². The Kier molecular flexibility index (Phi) is 3.86. The van der Waals surface area contributed by atoms with Gasteiger partial charge < -0.3 is 9.88 Å². The van der Waals surface area contributed by atoms with Crippen molar-refractivity contribution >= 4 is 15.9 Å². The van der Waals surface area contributed by atoms with Gasteiger partial charge in [0.15, 0.2) is 0 Å². The number of carbonyl (C=O) groups excluding carboxylic acids is 1. The second-order valence-electron chi connectivity index (χ2n) is 4.26. The van der Waals surface area contributed by atoms with Crippen LogP contribution in [-0.4, -0.2) is 23.9 Å². The van der Waals surface area contributed by atoms with E-state index in [0.717, 1.165) is 5.56 Å². The molecular formula is C12H14N4O3S. The SMILES string of the molecule is Cn1cncc1C(=O)NCc1ccc(S(N)(=O)=O)cc1. The Hall–Kier alpha value is -2.19. The fourth-order valence-electron chi connectivity index (χ4n) is 1.65. The first-order valence-electron chi connectivity index (χ1n) is 5.74. The smallest absolute Gasteiger partial charge is 0.269 e. The van der Waals surface area contributed by atoms with Crippen LogP contribution in [0.5, 0.6) is 0 Å². The normalized spacial score (nSPS) is 11.3. The molecule has 0 fully saturated rings. The Morgan fingerprint density at radius 2 is 2.00 bits per heavy atom. The van der Waals surface area contributed by atoms with Crippen LogP contribution in [0.2, 0.25) is 0 Å². The topological polar surface area (TPSA) is 107 Å².